The maximum absolute atomic E-state index is 7.07. The van der Waals surface area contributed by atoms with Gasteiger partial charge in [-0.2, -0.15) is 0 Å². The van der Waals surface area contributed by atoms with Crippen LogP contribution in [-0.4, -0.2) is 34.5 Å². The van der Waals surface area contributed by atoms with Crippen molar-refractivity contribution >= 4 is 9.05 Å². The molecule has 264 valence electrons. The third-order valence-corrected chi connectivity index (χ3v) is 12.3. The molecule has 2 saturated carbocycles. The number of hydrogen-bond donors (Lipinski definition) is 0. The van der Waals surface area contributed by atoms with Gasteiger partial charge in [0.05, 0.1) is 25.4 Å². The van der Waals surface area contributed by atoms with Crippen LogP contribution in [0, 0.1) is 22.7 Å². The van der Waals surface area contributed by atoms with Crippen molar-refractivity contribution in [2.45, 2.75) is 145 Å². The zero-order valence-corrected chi connectivity index (χ0v) is 31.8. The van der Waals surface area contributed by atoms with E-state index in [0.29, 0.717) is 36.5 Å². The van der Waals surface area contributed by atoms with Crippen molar-refractivity contribution in [3.8, 4) is 23.0 Å². The summed E-state index contributed by atoms with van der Waals surface area (Å²) in [5, 5.41) is 0. The highest BCUT2D eigenvalue weighted by Gasteiger charge is 2.56. The molecule has 0 aliphatic heterocycles. The Bertz CT molecular complexity index is 1060. The second-order valence-corrected chi connectivity index (χ2v) is 17.8. The van der Waals surface area contributed by atoms with Crippen molar-refractivity contribution in [3.05, 3.63) is 48.5 Å². The average molecular weight is 669 g/mol. The molecular weight excluding hydrogens is 605 g/mol. The van der Waals surface area contributed by atoms with Crippen LogP contribution in [0.2, 0.25) is 0 Å². The Kier molecular flexibility index (Phi) is 13.9. The highest BCUT2D eigenvalue weighted by Crippen LogP contribution is 2.42. The summed E-state index contributed by atoms with van der Waals surface area (Å²) in [6.07, 6.45) is 12.7. The van der Waals surface area contributed by atoms with E-state index in [1.54, 1.807) is 0 Å². The van der Waals surface area contributed by atoms with E-state index in [1.807, 2.05) is 48.5 Å². The Morgan fingerprint density at radius 1 is 0.511 bits per heavy atom. The van der Waals surface area contributed by atoms with Gasteiger partial charge in [0.25, 0.3) is 0 Å². The van der Waals surface area contributed by atoms with Gasteiger partial charge in [0, 0.05) is 0 Å². The van der Waals surface area contributed by atoms with Crippen LogP contribution in [0.3, 0.4) is 0 Å². The molecule has 2 aromatic carbocycles. The molecule has 0 radical (unpaired) electrons. The van der Waals surface area contributed by atoms with E-state index < -0.39 is 9.05 Å². The molecular formula is C40H64O6Si. The molecule has 2 aromatic rings. The molecule has 0 heterocycles. The molecule has 2 aliphatic carbocycles. The molecule has 0 N–H and O–H groups in total. The van der Waals surface area contributed by atoms with Gasteiger partial charge in [0.15, 0.2) is 0 Å². The lowest BCUT2D eigenvalue weighted by Crippen LogP contribution is -2.59. The van der Waals surface area contributed by atoms with Gasteiger partial charge >= 0.3 is 9.05 Å². The average Bonchev–Trinajstić information content (AvgIpc) is 3.03. The number of rotatable bonds is 16. The van der Waals surface area contributed by atoms with Crippen LogP contribution >= 0.6 is 0 Å². The van der Waals surface area contributed by atoms with E-state index in [4.69, 9.17) is 27.2 Å². The van der Waals surface area contributed by atoms with Gasteiger partial charge < -0.3 is 27.2 Å². The summed E-state index contributed by atoms with van der Waals surface area (Å²) >= 11 is 0. The van der Waals surface area contributed by atoms with E-state index in [9.17, 15) is 0 Å². The van der Waals surface area contributed by atoms with Gasteiger partial charge in [0.1, 0.15) is 23.0 Å². The van der Waals surface area contributed by atoms with Crippen molar-refractivity contribution in [1.82, 2.24) is 0 Å². The summed E-state index contributed by atoms with van der Waals surface area (Å²) in [6, 6.07) is 15.7. The fourth-order valence-electron chi connectivity index (χ4n) is 6.81. The minimum absolute atomic E-state index is 0.0134. The van der Waals surface area contributed by atoms with Gasteiger partial charge in [-0.05, 0) is 135 Å². The predicted molar refractivity (Wildman–Crippen MR) is 193 cm³/mol. The van der Waals surface area contributed by atoms with E-state index in [-0.39, 0.29) is 23.0 Å². The van der Waals surface area contributed by atoms with Gasteiger partial charge in [-0.25, -0.2) is 0 Å². The second-order valence-electron chi connectivity index (χ2n) is 16.0. The first-order valence-electron chi connectivity index (χ1n) is 18.6. The normalized spacial score (nSPS) is 22.5. The van der Waals surface area contributed by atoms with Crippen LogP contribution in [0.25, 0.3) is 0 Å². The summed E-state index contributed by atoms with van der Waals surface area (Å²) in [5.74, 6) is 4.36. The molecule has 2 aliphatic rings. The number of benzene rings is 2. The molecule has 0 saturated heterocycles. The monoisotopic (exact) mass is 668 g/mol. The Balaban J connectivity index is 1.61. The smallest absolute Gasteiger partial charge is 0.494 e. The Hall–Kier alpha value is -2.22. The third kappa shape index (κ3) is 12.0. The van der Waals surface area contributed by atoms with E-state index in [1.165, 1.54) is 0 Å². The van der Waals surface area contributed by atoms with Crippen LogP contribution in [0.1, 0.15) is 132 Å². The molecule has 0 unspecified atom stereocenters. The fourth-order valence-corrected chi connectivity index (χ4v) is 9.24. The summed E-state index contributed by atoms with van der Waals surface area (Å²) < 4.78 is 39.8. The zero-order valence-electron chi connectivity index (χ0n) is 30.8. The standard InChI is InChI=1S/C40H64O6Si/c1-9-11-29-41-33-21-25-37(26-22-33)45-47(43-35-17-13-31(14-18-35)39(3,4)5,44-36-19-15-32(16-20-36)40(6,7)8)46-38-27-23-34(24-28-38)42-30-12-10-2/h21-28,31-32,35-36H,9-20,29-30H2,1-8H3. The first kappa shape index (κ1) is 37.6. The largest absolute Gasteiger partial charge is 0.821 e. The van der Waals surface area contributed by atoms with Crippen molar-refractivity contribution in [2.75, 3.05) is 13.2 Å². The Morgan fingerprint density at radius 3 is 1.13 bits per heavy atom. The van der Waals surface area contributed by atoms with Crippen molar-refractivity contribution in [2.24, 2.45) is 22.7 Å². The minimum atomic E-state index is -3.77. The summed E-state index contributed by atoms with van der Waals surface area (Å²) in [4.78, 5) is 0. The summed E-state index contributed by atoms with van der Waals surface area (Å²) in [7, 11) is -3.77. The highest BCUT2D eigenvalue weighted by atomic mass is 28.4. The maximum atomic E-state index is 7.07. The molecule has 0 amide bonds. The van der Waals surface area contributed by atoms with Crippen molar-refractivity contribution in [3.63, 3.8) is 0 Å². The Morgan fingerprint density at radius 2 is 0.830 bits per heavy atom. The number of unbranched alkanes of at least 4 members (excludes halogenated alkanes) is 2. The number of hydrogen-bond acceptors (Lipinski definition) is 6. The summed E-state index contributed by atoms with van der Waals surface area (Å²) in [6.45, 7) is 19.9. The molecule has 0 atom stereocenters. The molecule has 2 fully saturated rings. The van der Waals surface area contributed by atoms with Gasteiger partial charge in [-0.1, -0.05) is 68.2 Å². The maximum Gasteiger partial charge on any atom is 0.821 e. The predicted octanol–water partition coefficient (Wildman–Crippen LogP) is 11.2. The Labute approximate surface area is 287 Å². The second kappa shape index (κ2) is 17.4. The van der Waals surface area contributed by atoms with Crippen LogP contribution in [0.15, 0.2) is 48.5 Å². The molecule has 7 heteroatoms. The van der Waals surface area contributed by atoms with Crippen LogP contribution < -0.4 is 18.3 Å². The van der Waals surface area contributed by atoms with Crippen LogP contribution in [0.4, 0.5) is 0 Å². The van der Waals surface area contributed by atoms with Crippen LogP contribution in [-0.2, 0) is 8.85 Å². The van der Waals surface area contributed by atoms with Crippen molar-refractivity contribution in [1.29, 1.82) is 0 Å². The summed E-state index contributed by atoms with van der Waals surface area (Å²) in [5.41, 5.74) is 0.577. The number of ether oxygens (including phenoxy) is 2. The van der Waals surface area contributed by atoms with Crippen LogP contribution in [0.5, 0.6) is 23.0 Å². The van der Waals surface area contributed by atoms with Gasteiger partial charge in [0.2, 0.25) is 0 Å². The minimum Gasteiger partial charge on any atom is -0.494 e. The fraction of sp³-hybridized carbons (Fsp3) is 0.700. The third-order valence-electron chi connectivity index (χ3n) is 10.1. The first-order chi connectivity index (χ1) is 22.4. The van der Waals surface area contributed by atoms with E-state index in [0.717, 1.165) is 88.5 Å². The molecule has 47 heavy (non-hydrogen) atoms. The van der Waals surface area contributed by atoms with E-state index in [2.05, 4.69) is 55.4 Å². The van der Waals surface area contributed by atoms with E-state index >= 15 is 0 Å². The highest BCUT2D eigenvalue weighted by molar-refractivity contribution is 6.55. The van der Waals surface area contributed by atoms with Gasteiger partial charge in [-0.3, -0.25) is 0 Å². The molecule has 4 rings (SSSR count). The lowest BCUT2D eigenvalue weighted by Gasteiger charge is -2.41. The quantitative estimate of drug-likeness (QED) is 0.131. The first-order valence-corrected chi connectivity index (χ1v) is 20.2. The SMILES string of the molecule is CCCCOc1ccc(O[Si](Oc2ccc(OCCCC)cc2)(OC2CCC(C(C)(C)C)CC2)OC2CCC(C(C)(C)C)CC2)cc1. The zero-order chi connectivity index (χ0) is 33.9. The lowest BCUT2D eigenvalue weighted by molar-refractivity contribution is -0.0476. The molecule has 6 nitrogen and oxygen atoms in total. The van der Waals surface area contributed by atoms with Crippen molar-refractivity contribution < 1.29 is 27.2 Å². The molecule has 0 spiro atoms. The van der Waals surface area contributed by atoms with Gasteiger partial charge in [-0.15, -0.1) is 0 Å². The molecule has 0 bridgehead atoms. The lowest BCUT2D eigenvalue weighted by atomic mass is 9.72. The molecule has 0 aromatic heterocycles. The topological polar surface area (TPSA) is 55.4 Å².